The van der Waals surface area contributed by atoms with Gasteiger partial charge in [0.2, 0.25) is 5.91 Å². The van der Waals surface area contributed by atoms with Crippen LogP contribution in [0.2, 0.25) is 0 Å². The minimum absolute atomic E-state index is 0.0864. The van der Waals surface area contributed by atoms with Crippen molar-refractivity contribution in [2.24, 2.45) is 5.92 Å². The predicted octanol–water partition coefficient (Wildman–Crippen LogP) is 1.11. The summed E-state index contributed by atoms with van der Waals surface area (Å²) in [5.41, 5.74) is 0. The summed E-state index contributed by atoms with van der Waals surface area (Å²) in [4.78, 5) is 16.8. The third kappa shape index (κ3) is 4.66. The Morgan fingerprint density at radius 3 is 2.76 bits per heavy atom. The molecule has 2 atom stereocenters. The van der Waals surface area contributed by atoms with Crippen LogP contribution >= 0.6 is 0 Å². The van der Waals surface area contributed by atoms with Gasteiger partial charge in [-0.1, -0.05) is 12.8 Å². The van der Waals surface area contributed by atoms with Gasteiger partial charge >= 0.3 is 0 Å². The maximum Gasteiger partial charge on any atom is 0.237 e. The molecular formula is C16H30N2O3. The molecule has 1 saturated carbocycles. The molecule has 0 bridgehead atoms. The van der Waals surface area contributed by atoms with E-state index in [9.17, 15) is 4.79 Å². The summed E-state index contributed by atoms with van der Waals surface area (Å²) in [6.07, 6.45) is 7.49. The predicted molar refractivity (Wildman–Crippen MR) is 82.1 cm³/mol. The highest BCUT2D eigenvalue weighted by Crippen LogP contribution is 2.35. The van der Waals surface area contributed by atoms with Crippen LogP contribution in [0.4, 0.5) is 0 Å². The smallest absolute Gasteiger partial charge is 0.237 e. The molecule has 1 aliphatic heterocycles. The van der Waals surface area contributed by atoms with Gasteiger partial charge in [0.1, 0.15) is 0 Å². The second-order valence-electron chi connectivity index (χ2n) is 6.33. The molecule has 1 amide bonds. The van der Waals surface area contributed by atoms with Crippen LogP contribution in [-0.4, -0.2) is 73.4 Å². The van der Waals surface area contributed by atoms with E-state index in [0.717, 1.165) is 18.9 Å². The third-order valence-electron chi connectivity index (χ3n) is 4.95. The quantitative estimate of drug-likeness (QED) is 0.765. The molecule has 122 valence electrons. The Hall–Kier alpha value is -0.650. The molecule has 21 heavy (non-hydrogen) atoms. The van der Waals surface area contributed by atoms with Crippen molar-refractivity contribution in [1.82, 2.24) is 9.80 Å². The first kappa shape index (κ1) is 16.7. The normalized spacial score (nSPS) is 26.0. The molecule has 1 saturated heterocycles. The summed E-state index contributed by atoms with van der Waals surface area (Å²) < 4.78 is 5.08. The van der Waals surface area contributed by atoms with Gasteiger partial charge in [0, 0.05) is 32.8 Å². The fourth-order valence-electron chi connectivity index (χ4n) is 3.85. The lowest BCUT2D eigenvalue weighted by atomic mass is 9.78. The molecule has 2 unspecified atom stereocenters. The van der Waals surface area contributed by atoms with Gasteiger partial charge in [0.25, 0.3) is 0 Å². The Kier molecular flexibility index (Phi) is 6.93. The van der Waals surface area contributed by atoms with Crippen LogP contribution in [0.5, 0.6) is 0 Å². The maximum absolute atomic E-state index is 12.7. The van der Waals surface area contributed by atoms with Crippen LogP contribution in [0.25, 0.3) is 0 Å². The Morgan fingerprint density at radius 1 is 1.24 bits per heavy atom. The number of amides is 1. The number of methoxy groups -OCH3 is 1. The number of piperidine rings is 1. The summed E-state index contributed by atoms with van der Waals surface area (Å²) in [5.74, 6) is 0.956. The molecule has 0 spiro atoms. The van der Waals surface area contributed by atoms with Crippen molar-refractivity contribution in [3.63, 3.8) is 0 Å². The number of nitrogens with zero attached hydrogens (tertiary/aromatic N) is 2. The molecule has 1 N–H and O–H groups in total. The molecular weight excluding hydrogens is 268 g/mol. The van der Waals surface area contributed by atoms with Crippen LogP contribution < -0.4 is 0 Å². The number of hydrogen-bond donors (Lipinski definition) is 1. The van der Waals surface area contributed by atoms with E-state index in [1.807, 2.05) is 4.90 Å². The topological polar surface area (TPSA) is 53.0 Å². The van der Waals surface area contributed by atoms with Crippen LogP contribution in [0.15, 0.2) is 0 Å². The first-order valence-electron chi connectivity index (χ1n) is 8.38. The highest BCUT2D eigenvalue weighted by atomic mass is 16.5. The molecule has 5 heteroatoms. The maximum atomic E-state index is 12.7. The lowest BCUT2D eigenvalue weighted by Crippen LogP contribution is -2.52. The number of rotatable bonds is 7. The lowest BCUT2D eigenvalue weighted by Gasteiger charge is -2.44. The Labute approximate surface area is 128 Å². The lowest BCUT2D eigenvalue weighted by molar-refractivity contribution is -0.139. The minimum atomic E-state index is 0.0864. The highest BCUT2D eigenvalue weighted by molar-refractivity contribution is 5.78. The second-order valence-corrected chi connectivity index (χ2v) is 6.33. The minimum Gasteiger partial charge on any atom is -0.395 e. The van der Waals surface area contributed by atoms with Gasteiger partial charge in [-0.3, -0.25) is 9.69 Å². The Bertz CT molecular complexity index is 323. The van der Waals surface area contributed by atoms with Crippen molar-refractivity contribution in [3.05, 3.63) is 0 Å². The van der Waals surface area contributed by atoms with E-state index < -0.39 is 0 Å². The van der Waals surface area contributed by atoms with Crippen LogP contribution in [0.1, 0.15) is 38.5 Å². The van der Waals surface area contributed by atoms with E-state index >= 15 is 0 Å². The largest absolute Gasteiger partial charge is 0.395 e. The molecule has 1 aliphatic carbocycles. The number of carbonyl (C=O) groups excluding carboxylic acids is 1. The second kappa shape index (κ2) is 8.71. The fourth-order valence-corrected chi connectivity index (χ4v) is 3.85. The molecule has 2 fully saturated rings. The van der Waals surface area contributed by atoms with Gasteiger partial charge in [0.15, 0.2) is 0 Å². The molecule has 0 aromatic rings. The van der Waals surface area contributed by atoms with E-state index in [4.69, 9.17) is 9.84 Å². The Morgan fingerprint density at radius 2 is 2.00 bits per heavy atom. The first-order chi connectivity index (χ1) is 10.3. The van der Waals surface area contributed by atoms with Crippen molar-refractivity contribution in [2.45, 2.75) is 44.6 Å². The summed E-state index contributed by atoms with van der Waals surface area (Å²) >= 11 is 0. The molecule has 1 heterocycles. The average molecular weight is 298 g/mol. The number of likely N-dealkylation sites (tertiary alicyclic amines) is 1. The van der Waals surface area contributed by atoms with E-state index in [0.29, 0.717) is 32.3 Å². The van der Waals surface area contributed by atoms with Crippen LogP contribution in [0.3, 0.4) is 0 Å². The number of fused-ring (bicyclic) bond motifs is 1. The summed E-state index contributed by atoms with van der Waals surface area (Å²) in [6.45, 7) is 3.24. The monoisotopic (exact) mass is 298 g/mol. The van der Waals surface area contributed by atoms with Crippen LogP contribution in [-0.2, 0) is 9.53 Å². The fraction of sp³-hybridized carbons (Fsp3) is 0.938. The zero-order valence-electron chi connectivity index (χ0n) is 13.3. The standard InChI is InChI=1S/C16H30N2O3/c1-21-12-10-17(9-11-19)13-16(20)18-8-4-6-14-5-2-3-7-15(14)18/h14-15,19H,2-13H2,1H3. The molecule has 5 nitrogen and oxygen atoms in total. The van der Waals surface area contributed by atoms with E-state index in [-0.39, 0.29) is 12.5 Å². The van der Waals surface area contributed by atoms with Crippen molar-refractivity contribution < 1.29 is 14.6 Å². The molecule has 2 rings (SSSR count). The number of aliphatic hydroxyl groups is 1. The average Bonchev–Trinajstić information content (AvgIpc) is 2.52. The van der Waals surface area contributed by atoms with Crippen molar-refractivity contribution >= 4 is 5.91 Å². The zero-order chi connectivity index (χ0) is 15.1. The van der Waals surface area contributed by atoms with E-state index in [1.165, 1.54) is 32.1 Å². The van der Waals surface area contributed by atoms with E-state index in [2.05, 4.69) is 4.90 Å². The Balaban J connectivity index is 1.90. The van der Waals surface area contributed by atoms with Crippen molar-refractivity contribution in [2.75, 3.05) is 46.5 Å². The molecule has 0 radical (unpaired) electrons. The van der Waals surface area contributed by atoms with Crippen molar-refractivity contribution in [3.8, 4) is 0 Å². The summed E-state index contributed by atoms with van der Waals surface area (Å²) in [6, 6.07) is 0.471. The van der Waals surface area contributed by atoms with Gasteiger partial charge < -0.3 is 14.7 Å². The van der Waals surface area contributed by atoms with Gasteiger partial charge in [-0.15, -0.1) is 0 Å². The van der Waals surface area contributed by atoms with Gasteiger partial charge in [-0.05, 0) is 31.6 Å². The first-order valence-corrected chi connectivity index (χ1v) is 8.38. The summed E-state index contributed by atoms with van der Waals surface area (Å²) in [7, 11) is 1.66. The van der Waals surface area contributed by atoms with Gasteiger partial charge in [0.05, 0.1) is 19.8 Å². The summed E-state index contributed by atoms with van der Waals surface area (Å²) in [5, 5.41) is 9.14. The molecule has 0 aromatic heterocycles. The van der Waals surface area contributed by atoms with E-state index in [1.54, 1.807) is 7.11 Å². The number of carbonyl (C=O) groups is 1. The highest BCUT2D eigenvalue weighted by Gasteiger charge is 2.35. The number of hydrogen-bond acceptors (Lipinski definition) is 4. The molecule has 0 aromatic carbocycles. The van der Waals surface area contributed by atoms with Gasteiger partial charge in [-0.25, -0.2) is 0 Å². The molecule has 2 aliphatic rings. The zero-order valence-corrected chi connectivity index (χ0v) is 13.3. The number of ether oxygens (including phenoxy) is 1. The van der Waals surface area contributed by atoms with Crippen molar-refractivity contribution in [1.29, 1.82) is 0 Å². The third-order valence-corrected chi connectivity index (χ3v) is 4.95. The SMILES string of the molecule is COCCN(CCO)CC(=O)N1CCCC2CCCCC21. The van der Waals surface area contributed by atoms with Gasteiger partial charge in [-0.2, -0.15) is 0 Å². The van der Waals surface area contributed by atoms with Crippen LogP contribution in [0, 0.1) is 5.92 Å². The number of aliphatic hydroxyl groups excluding tert-OH is 1.